The van der Waals surface area contributed by atoms with Crippen LogP contribution in [0.4, 0.5) is 9.59 Å². The predicted octanol–water partition coefficient (Wildman–Crippen LogP) is 6.71. The van der Waals surface area contributed by atoms with E-state index in [9.17, 15) is 9.59 Å². The molecule has 6 nitrogen and oxygen atoms in total. The third-order valence-corrected chi connectivity index (χ3v) is 6.79. The predicted molar refractivity (Wildman–Crippen MR) is 134 cm³/mol. The second-order valence-corrected chi connectivity index (χ2v) is 8.82. The van der Waals surface area contributed by atoms with E-state index in [1.807, 2.05) is 84.9 Å². The van der Waals surface area contributed by atoms with Gasteiger partial charge >= 0.3 is 12.2 Å². The summed E-state index contributed by atoms with van der Waals surface area (Å²) < 4.78 is 11.2. The first-order valence-electron chi connectivity index (χ1n) is 11.8. The van der Waals surface area contributed by atoms with E-state index in [2.05, 4.69) is 12.1 Å². The summed E-state index contributed by atoms with van der Waals surface area (Å²) in [7, 11) is 1.33. The molecule has 0 radical (unpaired) electrons. The first-order chi connectivity index (χ1) is 17.6. The molecule has 6 heteroatoms. The monoisotopic (exact) mass is 477 g/mol. The van der Waals surface area contributed by atoms with Gasteiger partial charge in [-0.15, -0.1) is 5.06 Å². The van der Waals surface area contributed by atoms with Crippen LogP contribution in [0.15, 0.2) is 97.1 Å². The number of hydrogen-bond acceptors (Lipinski definition) is 5. The number of ether oxygens (including phenoxy) is 2. The number of fused-ring (bicyclic) bond motifs is 6. The van der Waals surface area contributed by atoms with Gasteiger partial charge < -0.3 is 14.3 Å². The second kappa shape index (κ2) is 8.89. The van der Waals surface area contributed by atoms with Gasteiger partial charge in [0.15, 0.2) is 6.10 Å². The van der Waals surface area contributed by atoms with Gasteiger partial charge in [0.2, 0.25) is 0 Å². The molecule has 0 spiro atoms. The van der Waals surface area contributed by atoms with E-state index in [0.717, 1.165) is 49.6 Å². The van der Waals surface area contributed by atoms with Crippen LogP contribution in [0.1, 0.15) is 34.3 Å². The maximum atomic E-state index is 12.8. The molecule has 178 valence electrons. The summed E-state index contributed by atoms with van der Waals surface area (Å²) in [5.41, 5.74) is 8.27. The maximum absolute atomic E-state index is 12.8. The van der Waals surface area contributed by atoms with E-state index in [4.69, 9.17) is 14.3 Å². The second-order valence-electron chi connectivity index (χ2n) is 8.82. The molecule has 0 N–H and O–H groups in total. The van der Waals surface area contributed by atoms with Gasteiger partial charge in [0, 0.05) is 17.0 Å². The Bertz CT molecular complexity index is 1390. The Morgan fingerprint density at radius 3 is 1.58 bits per heavy atom. The van der Waals surface area contributed by atoms with Crippen LogP contribution >= 0.6 is 0 Å². The van der Waals surface area contributed by atoms with Crippen molar-refractivity contribution in [1.29, 1.82) is 0 Å². The van der Waals surface area contributed by atoms with E-state index >= 15 is 0 Å². The first-order valence-corrected chi connectivity index (χ1v) is 11.8. The van der Waals surface area contributed by atoms with Crippen LogP contribution in [-0.2, 0) is 14.3 Å². The highest BCUT2D eigenvalue weighted by Crippen LogP contribution is 2.46. The number of amides is 1. The third-order valence-electron chi connectivity index (χ3n) is 6.79. The molecular formula is C30H23NO5. The molecule has 0 unspecified atom stereocenters. The van der Waals surface area contributed by atoms with Crippen molar-refractivity contribution in [2.75, 3.05) is 13.7 Å². The average Bonchev–Trinajstić information content (AvgIpc) is 3.40. The summed E-state index contributed by atoms with van der Waals surface area (Å²) in [6.07, 6.45) is -2.35. The zero-order chi connectivity index (χ0) is 24.6. The SMILES string of the molecule is CN(OC(=O)OCC1c2ccccc2-c2ccccc21)C(=O)OC1c2ccccc2-c2ccccc21. The van der Waals surface area contributed by atoms with Gasteiger partial charge in [0.05, 0.1) is 7.05 Å². The minimum atomic E-state index is -0.969. The molecule has 4 aromatic carbocycles. The van der Waals surface area contributed by atoms with Gasteiger partial charge in [0.25, 0.3) is 0 Å². The van der Waals surface area contributed by atoms with Crippen molar-refractivity contribution in [2.45, 2.75) is 12.0 Å². The Hall–Kier alpha value is -4.58. The van der Waals surface area contributed by atoms with Gasteiger partial charge in [-0.1, -0.05) is 97.1 Å². The number of carbonyl (C=O) groups excluding carboxylic acids is 2. The fourth-order valence-electron chi connectivity index (χ4n) is 5.18. The Labute approximate surface area is 208 Å². The van der Waals surface area contributed by atoms with E-state index in [-0.39, 0.29) is 12.5 Å². The molecule has 2 aliphatic carbocycles. The lowest BCUT2D eigenvalue weighted by atomic mass is 9.98. The van der Waals surface area contributed by atoms with Crippen molar-refractivity contribution in [1.82, 2.24) is 5.06 Å². The Balaban J connectivity index is 1.11. The van der Waals surface area contributed by atoms with Gasteiger partial charge in [-0.2, -0.15) is 0 Å². The summed E-state index contributed by atoms with van der Waals surface area (Å²) in [5, 5.41) is 0.766. The van der Waals surface area contributed by atoms with E-state index in [1.165, 1.54) is 7.05 Å². The van der Waals surface area contributed by atoms with Crippen molar-refractivity contribution < 1.29 is 23.9 Å². The molecule has 0 atom stereocenters. The average molecular weight is 478 g/mol. The van der Waals surface area contributed by atoms with Crippen molar-refractivity contribution >= 4 is 12.2 Å². The molecule has 0 heterocycles. The molecule has 0 aromatic heterocycles. The summed E-state index contributed by atoms with van der Waals surface area (Å²) in [6, 6.07) is 31.7. The molecular weight excluding hydrogens is 454 g/mol. The number of hydrogen-bond donors (Lipinski definition) is 0. The van der Waals surface area contributed by atoms with Crippen LogP contribution in [-0.4, -0.2) is 31.0 Å². The molecule has 2 aliphatic rings. The summed E-state index contributed by atoms with van der Waals surface area (Å²) in [6.45, 7) is 0.0964. The molecule has 0 saturated heterocycles. The van der Waals surface area contributed by atoms with Crippen LogP contribution in [0.5, 0.6) is 0 Å². The van der Waals surface area contributed by atoms with E-state index in [1.54, 1.807) is 0 Å². The highest BCUT2D eigenvalue weighted by molar-refractivity contribution is 5.80. The van der Waals surface area contributed by atoms with Crippen LogP contribution in [0.3, 0.4) is 0 Å². The van der Waals surface area contributed by atoms with E-state index < -0.39 is 18.4 Å². The minimum Gasteiger partial charge on any atom is -0.434 e. The molecule has 1 amide bonds. The topological polar surface area (TPSA) is 65.1 Å². The molecule has 36 heavy (non-hydrogen) atoms. The molecule has 0 aliphatic heterocycles. The van der Waals surface area contributed by atoms with Crippen molar-refractivity contribution in [3.8, 4) is 22.3 Å². The summed E-state index contributed by atoms with van der Waals surface area (Å²) in [4.78, 5) is 30.4. The molecule has 6 rings (SSSR count). The number of hydroxylamine groups is 2. The lowest BCUT2D eigenvalue weighted by Gasteiger charge is -2.20. The Kier molecular flexibility index (Phi) is 5.41. The van der Waals surface area contributed by atoms with Crippen LogP contribution in [0.25, 0.3) is 22.3 Å². The summed E-state index contributed by atoms with van der Waals surface area (Å²) >= 11 is 0. The molecule has 0 fully saturated rings. The molecule has 0 bridgehead atoms. The standard InChI is InChI=1S/C30H23NO5/c1-31(29(32)35-28-25-16-8-6-12-21(25)22-13-7-9-17-26(22)28)36-30(33)34-18-27-23-14-4-2-10-19(23)20-11-3-5-15-24(20)27/h2-17,27-28H,18H2,1H3. The minimum absolute atomic E-state index is 0.0964. The number of benzene rings is 4. The van der Waals surface area contributed by atoms with Gasteiger partial charge in [-0.05, 0) is 33.4 Å². The fraction of sp³-hybridized carbons (Fsp3) is 0.133. The fourth-order valence-corrected chi connectivity index (χ4v) is 5.18. The molecule has 4 aromatic rings. The largest absolute Gasteiger partial charge is 0.533 e. The highest BCUT2D eigenvalue weighted by atomic mass is 16.8. The zero-order valence-corrected chi connectivity index (χ0v) is 19.6. The van der Waals surface area contributed by atoms with Gasteiger partial charge in [0.1, 0.15) is 6.61 Å². The Morgan fingerprint density at radius 2 is 1.08 bits per heavy atom. The van der Waals surface area contributed by atoms with Crippen LogP contribution < -0.4 is 0 Å². The summed E-state index contributed by atoms with van der Waals surface area (Å²) in [5.74, 6) is -0.103. The van der Waals surface area contributed by atoms with Gasteiger partial charge in [-0.25, -0.2) is 9.59 Å². The lowest BCUT2D eigenvalue weighted by molar-refractivity contribution is -0.0993. The zero-order valence-electron chi connectivity index (χ0n) is 19.6. The van der Waals surface area contributed by atoms with E-state index in [0.29, 0.717) is 0 Å². The molecule has 0 saturated carbocycles. The Morgan fingerprint density at radius 1 is 0.667 bits per heavy atom. The van der Waals surface area contributed by atoms with Crippen molar-refractivity contribution in [3.63, 3.8) is 0 Å². The number of carbonyl (C=O) groups is 2. The highest BCUT2D eigenvalue weighted by Gasteiger charge is 2.33. The maximum Gasteiger partial charge on any atom is 0.533 e. The normalized spacial score (nSPS) is 13.2. The van der Waals surface area contributed by atoms with Crippen molar-refractivity contribution in [2.24, 2.45) is 0 Å². The first kappa shape index (κ1) is 21.9. The smallest absolute Gasteiger partial charge is 0.434 e. The van der Waals surface area contributed by atoms with Crippen LogP contribution in [0.2, 0.25) is 0 Å². The van der Waals surface area contributed by atoms with Crippen molar-refractivity contribution in [3.05, 3.63) is 119 Å². The number of rotatable bonds is 3. The number of nitrogens with zero attached hydrogens (tertiary/aromatic N) is 1. The lowest BCUT2D eigenvalue weighted by Crippen LogP contribution is -2.32. The van der Waals surface area contributed by atoms with Gasteiger partial charge in [-0.3, -0.25) is 0 Å². The quantitative estimate of drug-likeness (QED) is 0.243. The third kappa shape index (κ3) is 3.67. The van der Waals surface area contributed by atoms with Crippen LogP contribution in [0, 0.1) is 0 Å².